The molecule has 0 aliphatic carbocycles. The maximum atomic E-state index is 10.7. The van der Waals surface area contributed by atoms with Crippen molar-refractivity contribution < 1.29 is 51.7 Å². The maximum absolute atomic E-state index is 10.7. The molecule has 2 aromatic carbocycles. The Morgan fingerprint density at radius 1 is 0.708 bits per heavy atom. The van der Waals surface area contributed by atoms with Gasteiger partial charge in [-0.3, -0.25) is 0 Å². The van der Waals surface area contributed by atoms with Gasteiger partial charge in [-0.1, -0.05) is 18.2 Å². The summed E-state index contributed by atoms with van der Waals surface area (Å²) in [6.45, 7) is -1.83. The normalized spacial score (nSPS) is 11.2. The van der Waals surface area contributed by atoms with Crippen LogP contribution in [-0.4, -0.2) is 74.0 Å². The maximum Gasteiger partial charge on any atom is 0.485 e. The molecule has 0 saturated heterocycles. The molecule has 5 aromatic heterocycles. The molecular formula is C26H20BF3N10O6PdS-4. The quantitative estimate of drug-likeness (QED) is 0.0482. The van der Waals surface area contributed by atoms with E-state index in [2.05, 4.69) is 55.7 Å². The van der Waals surface area contributed by atoms with Crippen molar-refractivity contribution in [3.63, 3.8) is 0 Å². The predicted octanol–water partition coefficient (Wildman–Crippen LogP) is 3.40. The van der Waals surface area contributed by atoms with E-state index >= 15 is 0 Å². The van der Waals surface area contributed by atoms with Crippen LogP contribution in [0.5, 0.6) is 0 Å². The van der Waals surface area contributed by atoms with Crippen molar-refractivity contribution >= 4 is 38.5 Å². The SMILES string of the molecule is O=S(=O)([O-])C(F)(F)F.O=[N+]([O-])[O-].[Pd].[c-]1cccc2ccc3cccnc3c12.c1cnn([B-](n2cccn2)(n2cccn2)n2cccn2)c1. The zero-order valence-electron chi connectivity index (χ0n) is 23.9. The van der Waals surface area contributed by atoms with Crippen molar-refractivity contribution in [2.75, 3.05) is 0 Å². The van der Waals surface area contributed by atoms with E-state index in [0.717, 1.165) is 10.9 Å². The molecule has 7 aromatic rings. The largest absolute Gasteiger partial charge is 0.741 e. The van der Waals surface area contributed by atoms with Gasteiger partial charge < -0.3 is 43.2 Å². The third-order valence-electron chi connectivity index (χ3n) is 6.21. The monoisotopic (exact) mass is 774 g/mol. The van der Waals surface area contributed by atoms with Crippen molar-refractivity contribution in [2.24, 2.45) is 0 Å². The first-order valence-corrected chi connectivity index (χ1v) is 14.4. The summed E-state index contributed by atoms with van der Waals surface area (Å²) in [4.78, 5) is 12.6. The number of hydrogen-bond acceptors (Lipinski definition) is 11. The molecule has 254 valence electrons. The molecule has 0 bridgehead atoms. The molecule has 0 atom stereocenters. The fourth-order valence-corrected chi connectivity index (χ4v) is 4.40. The van der Waals surface area contributed by atoms with E-state index in [1.54, 1.807) is 24.8 Å². The molecular weight excluding hydrogens is 755 g/mol. The molecule has 0 fully saturated rings. The van der Waals surface area contributed by atoms with Gasteiger partial charge in [0.2, 0.25) is 0 Å². The molecule has 0 amide bonds. The minimum Gasteiger partial charge on any atom is -0.741 e. The summed E-state index contributed by atoms with van der Waals surface area (Å²) < 4.78 is 66.2. The van der Waals surface area contributed by atoms with Gasteiger partial charge in [0.05, 0.1) is 5.09 Å². The van der Waals surface area contributed by atoms with Crippen LogP contribution in [0, 0.1) is 21.4 Å². The number of fused-ring (bicyclic) bond motifs is 3. The van der Waals surface area contributed by atoms with E-state index in [-0.39, 0.29) is 20.4 Å². The summed E-state index contributed by atoms with van der Waals surface area (Å²) in [6.07, 6.45) is 16.3. The fourth-order valence-electron chi connectivity index (χ4n) is 4.40. The van der Waals surface area contributed by atoms with Gasteiger partial charge in [0.15, 0.2) is 10.1 Å². The standard InChI is InChI=1S/C13H8N.C12H12BN8.CHF3O3S.NO3.Pd/c1-2-6-12-10(4-1)7-8-11-5-3-9-14-13(11)12;1-5-14-18(9-1)13(19-10-2-6-15-19,20-11-3-7-16-20)21-12-4-8-17-21;2-1(3,4)8(5,6)7;2-1(3)4;/h1-5,7-9H;1-12H;(H,5,6,7);;/q2*-1;;-1;/p-1. The van der Waals surface area contributed by atoms with Crippen LogP contribution in [0.2, 0.25) is 0 Å². The van der Waals surface area contributed by atoms with Crippen LogP contribution in [0.15, 0.2) is 123 Å². The number of benzene rings is 2. The summed E-state index contributed by atoms with van der Waals surface area (Å²) in [5.74, 6) is 0. The number of rotatable bonds is 4. The van der Waals surface area contributed by atoms with E-state index in [9.17, 15) is 13.2 Å². The molecule has 0 unspecified atom stereocenters. The summed E-state index contributed by atoms with van der Waals surface area (Å²) in [5, 5.41) is 35.9. The van der Waals surface area contributed by atoms with Gasteiger partial charge in [-0.15, -0.1) is 35.0 Å². The Bertz CT molecular complexity index is 1920. The van der Waals surface area contributed by atoms with Crippen LogP contribution in [0.25, 0.3) is 21.7 Å². The molecule has 5 heterocycles. The smallest absolute Gasteiger partial charge is 0.485 e. The Labute approximate surface area is 282 Å². The first-order valence-electron chi connectivity index (χ1n) is 13.0. The Hall–Kier alpha value is -5.42. The van der Waals surface area contributed by atoms with E-state index in [1.165, 1.54) is 10.8 Å². The van der Waals surface area contributed by atoms with Crippen molar-refractivity contribution in [3.05, 3.63) is 144 Å². The fraction of sp³-hybridized carbons (Fsp3) is 0.0385. The van der Waals surface area contributed by atoms with E-state index < -0.39 is 27.4 Å². The second kappa shape index (κ2) is 15.9. The van der Waals surface area contributed by atoms with Gasteiger partial charge >= 0.3 is 12.2 Å². The minimum absolute atomic E-state index is 0. The molecule has 0 aliphatic rings. The molecule has 16 nitrogen and oxygen atoms in total. The average Bonchev–Trinajstić information content (AvgIpc) is 3.87. The summed E-state index contributed by atoms with van der Waals surface area (Å²) in [7, 11) is -6.09. The third kappa shape index (κ3) is 8.48. The average molecular weight is 775 g/mol. The Balaban J connectivity index is 0.000000200. The van der Waals surface area contributed by atoms with Crippen molar-refractivity contribution in [3.8, 4) is 0 Å². The number of aromatic nitrogens is 9. The second-order valence-electron chi connectivity index (χ2n) is 9.04. The number of alkyl halides is 3. The first-order chi connectivity index (χ1) is 22.4. The Kier molecular flexibility index (Phi) is 12.3. The molecule has 22 heteroatoms. The van der Waals surface area contributed by atoms with Crippen LogP contribution >= 0.6 is 0 Å². The van der Waals surface area contributed by atoms with Gasteiger partial charge in [0.25, 0.3) is 0 Å². The first kappa shape index (κ1) is 37.0. The van der Waals surface area contributed by atoms with Crippen LogP contribution in [0.3, 0.4) is 0 Å². The summed E-state index contributed by atoms with van der Waals surface area (Å²) in [6, 6.07) is 24.9. The van der Waals surface area contributed by atoms with Crippen LogP contribution in [-0.2, 0) is 30.5 Å². The molecule has 0 spiro atoms. The van der Waals surface area contributed by atoms with Gasteiger partial charge in [0, 0.05) is 51.4 Å². The van der Waals surface area contributed by atoms with Crippen molar-refractivity contribution in [1.82, 2.24) is 43.7 Å². The van der Waals surface area contributed by atoms with Crippen molar-refractivity contribution in [1.29, 1.82) is 0 Å². The van der Waals surface area contributed by atoms with Crippen LogP contribution < -0.4 is 0 Å². The molecule has 48 heavy (non-hydrogen) atoms. The molecule has 7 rings (SSSR count). The molecule has 0 aliphatic heterocycles. The topological polar surface area (TPSA) is 208 Å². The third-order valence-corrected chi connectivity index (χ3v) is 6.78. The Morgan fingerprint density at radius 2 is 1.10 bits per heavy atom. The summed E-state index contributed by atoms with van der Waals surface area (Å²) in [5.41, 5.74) is -4.61. The molecule has 0 radical (unpaired) electrons. The zero-order valence-corrected chi connectivity index (χ0v) is 26.3. The van der Waals surface area contributed by atoms with E-state index in [4.69, 9.17) is 28.3 Å². The van der Waals surface area contributed by atoms with Gasteiger partial charge in [-0.2, -0.15) is 13.2 Å². The van der Waals surface area contributed by atoms with Crippen LogP contribution in [0.1, 0.15) is 0 Å². The number of pyridine rings is 1. The van der Waals surface area contributed by atoms with Gasteiger partial charge in [-0.25, -0.2) is 28.8 Å². The van der Waals surface area contributed by atoms with E-state index in [0.29, 0.717) is 0 Å². The van der Waals surface area contributed by atoms with Crippen molar-refractivity contribution in [2.45, 2.75) is 5.51 Å². The molecule has 0 saturated carbocycles. The van der Waals surface area contributed by atoms with E-state index in [1.807, 2.05) is 91.8 Å². The Morgan fingerprint density at radius 3 is 1.48 bits per heavy atom. The number of nitrogens with zero attached hydrogens (tertiary/aromatic N) is 10. The second-order valence-corrected chi connectivity index (χ2v) is 10.4. The summed E-state index contributed by atoms with van der Waals surface area (Å²) >= 11 is 0. The van der Waals surface area contributed by atoms with Crippen LogP contribution in [0.4, 0.5) is 13.2 Å². The zero-order chi connectivity index (χ0) is 34.1. The number of hydrogen-bond donors (Lipinski definition) is 0. The van der Waals surface area contributed by atoms with Gasteiger partial charge in [0.1, 0.15) is 0 Å². The predicted molar refractivity (Wildman–Crippen MR) is 160 cm³/mol. The molecule has 0 N–H and O–H groups in total. The van der Waals surface area contributed by atoms with Gasteiger partial charge in [-0.05, 0) is 66.0 Å². The minimum atomic E-state index is -6.09. The number of halogens is 3.